The molecule has 1 saturated heterocycles. The molecular formula is C22H22FNO4. The molecule has 1 heterocycles. The van der Waals surface area contributed by atoms with Crippen LogP contribution in [0.3, 0.4) is 0 Å². The molecule has 0 unspecified atom stereocenters. The molecule has 0 aliphatic carbocycles. The molecule has 146 valence electrons. The predicted molar refractivity (Wildman–Crippen MR) is 101 cm³/mol. The van der Waals surface area contributed by atoms with Crippen LogP contribution in [0.15, 0.2) is 54.6 Å². The van der Waals surface area contributed by atoms with Gasteiger partial charge in [0, 0.05) is 5.92 Å². The molecule has 5 nitrogen and oxygen atoms in total. The summed E-state index contributed by atoms with van der Waals surface area (Å²) in [6.45, 7) is 3.19. The minimum absolute atomic E-state index is 0.0377. The fourth-order valence-electron chi connectivity index (χ4n) is 3.77. The molecule has 2 aromatic carbocycles. The number of halogens is 1. The van der Waals surface area contributed by atoms with E-state index in [4.69, 9.17) is 4.74 Å². The highest BCUT2D eigenvalue weighted by Gasteiger charge is 2.45. The Labute approximate surface area is 163 Å². The first-order valence-electron chi connectivity index (χ1n) is 9.24. The van der Waals surface area contributed by atoms with Gasteiger partial charge in [-0.15, -0.1) is 0 Å². The van der Waals surface area contributed by atoms with Gasteiger partial charge in [0.15, 0.2) is 0 Å². The lowest BCUT2D eigenvalue weighted by atomic mass is 9.80. The number of carbonyl (C=O) groups is 3. The zero-order valence-electron chi connectivity index (χ0n) is 15.8. The maximum atomic E-state index is 13.7. The van der Waals surface area contributed by atoms with Crippen LogP contribution in [0.4, 0.5) is 9.18 Å². The first kappa shape index (κ1) is 19.7. The van der Waals surface area contributed by atoms with Crippen molar-refractivity contribution in [1.29, 1.82) is 0 Å². The highest BCUT2D eigenvalue weighted by atomic mass is 19.1. The Morgan fingerprint density at radius 1 is 1.18 bits per heavy atom. The first-order chi connectivity index (χ1) is 13.4. The van der Waals surface area contributed by atoms with Crippen LogP contribution in [-0.2, 0) is 14.3 Å². The second-order valence-corrected chi connectivity index (χ2v) is 6.87. The van der Waals surface area contributed by atoms with Gasteiger partial charge in [0.1, 0.15) is 30.2 Å². The molecule has 2 aromatic rings. The molecule has 0 N–H and O–H groups in total. The molecule has 0 aromatic heterocycles. The summed E-state index contributed by atoms with van der Waals surface area (Å²) in [6.07, 6.45) is -0.322. The zero-order chi connectivity index (χ0) is 20.3. The van der Waals surface area contributed by atoms with Crippen molar-refractivity contribution >= 4 is 17.8 Å². The number of hydrogen-bond acceptors (Lipinski definition) is 4. The van der Waals surface area contributed by atoms with E-state index >= 15 is 0 Å². The number of carbonyl (C=O) groups excluding carboxylic acids is 3. The molecule has 2 amide bonds. The fraction of sp³-hybridized carbons (Fsp3) is 0.318. The van der Waals surface area contributed by atoms with E-state index in [0.717, 1.165) is 10.5 Å². The smallest absolute Gasteiger partial charge is 0.417 e. The standard InChI is InChI=1S/C22H22FNO4/c1-3-18(16-10-7-11-17(23)12-16)20(14(2)25)21(26)24-19(13-28-22(24)27)15-8-5-4-6-9-15/h4-12,18-20H,3,13H2,1-2H3/t18-,19+,20-/m0/s1. The van der Waals surface area contributed by atoms with Crippen LogP contribution < -0.4 is 0 Å². The number of ether oxygens (including phenoxy) is 1. The van der Waals surface area contributed by atoms with Crippen molar-refractivity contribution in [3.63, 3.8) is 0 Å². The average Bonchev–Trinajstić information content (AvgIpc) is 3.07. The van der Waals surface area contributed by atoms with E-state index in [-0.39, 0.29) is 12.4 Å². The number of imide groups is 1. The third-order valence-electron chi connectivity index (χ3n) is 5.12. The second kappa shape index (κ2) is 8.33. The maximum absolute atomic E-state index is 13.7. The van der Waals surface area contributed by atoms with Gasteiger partial charge in [0.25, 0.3) is 0 Å². The Bertz CT molecular complexity index is 883. The van der Waals surface area contributed by atoms with E-state index in [1.54, 1.807) is 24.3 Å². The minimum atomic E-state index is -1.09. The van der Waals surface area contributed by atoms with Crippen molar-refractivity contribution in [2.75, 3.05) is 6.61 Å². The lowest BCUT2D eigenvalue weighted by molar-refractivity contribution is -0.140. The Kier molecular flexibility index (Phi) is 5.87. The number of rotatable bonds is 6. The Hall–Kier alpha value is -3.02. The van der Waals surface area contributed by atoms with Crippen LogP contribution in [0.1, 0.15) is 43.4 Å². The van der Waals surface area contributed by atoms with Crippen LogP contribution in [0, 0.1) is 11.7 Å². The summed E-state index contributed by atoms with van der Waals surface area (Å²) in [5.41, 5.74) is 1.31. The van der Waals surface area contributed by atoms with Crippen molar-refractivity contribution < 1.29 is 23.5 Å². The lowest BCUT2D eigenvalue weighted by Crippen LogP contribution is -2.43. The lowest BCUT2D eigenvalue weighted by Gasteiger charge is -2.29. The zero-order valence-corrected chi connectivity index (χ0v) is 15.8. The van der Waals surface area contributed by atoms with Gasteiger partial charge in [0.05, 0.1) is 0 Å². The summed E-state index contributed by atoms with van der Waals surface area (Å²) in [5.74, 6) is -3.05. The van der Waals surface area contributed by atoms with E-state index in [2.05, 4.69) is 0 Å². The molecule has 1 fully saturated rings. The molecular weight excluding hydrogens is 361 g/mol. The Balaban J connectivity index is 1.97. The molecule has 6 heteroatoms. The van der Waals surface area contributed by atoms with E-state index in [1.807, 2.05) is 25.1 Å². The number of Topliss-reactive ketones (excluding diaryl/α,β-unsaturated/α-hetero) is 1. The summed E-state index contributed by atoms with van der Waals surface area (Å²) < 4.78 is 18.8. The summed E-state index contributed by atoms with van der Waals surface area (Å²) in [4.78, 5) is 39.2. The van der Waals surface area contributed by atoms with Gasteiger partial charge >= 0.3 is 6.09 Å². The third-order valence-corrected chi connectivity index (χ3v) is 5.12. The van der Waals surface area contributed by atoms with E-state index in [9.17, 15) is 18.8 Å². The van der Waals surface area contributed by atoms with Gasteiger partial charge in [-0.2, -0.15) is 0 Å². The Morgan fingerprint density at radius 2 is 1.89 bits per heavy atom. The molecule has 0 bridgehead atoms. The molecule has 1 aliphatic heterocycles. The number of ketones is 1. The van der Waals surface area contributed by atoms with Crippen molar-refractivity contribution in [2.45, 2.75) is 32.2 Å². The highest BCUT2D eigenvalue weighted by Crippen LogP contribution is 2.35. The monoisotopic (exact) mass is 383 g/mol. The summed E-state index contributed by atoms with van der Waals surface area (Å²) in [5, 5.41) is 0. The Morgan fingerprint density at radius 3 is 2.50 bits per heavy atom. The molecule has 0 spiro atoms. The summed E-state index contributed by atoms with van der Waals surface area (Å²) in [6, 6.07) is 14.4. The van der Waals surface area contributed by atoms with Gasteiger partial charge in [-0.3, -0.25) is 9.59 Å². The molecule has 0 saturated carbocycles. The van der Waals surface area contributed by atoms with Crippen LogP contribution in [0.5, 0.6) is 0 Å². The second-order valence-electron chi connectivity index (χ2n) is 6.87. The van der Waals surface area contributed by atoms with Gasteiger partial charge in [-0.25, -0.2) is 14.1 Å². The van der Waals surface area contributed by atoms with Gasteiger partial charge in [0.2, 0.25) is 5.91 Å². The van der Waals surface area contributed by atoms with Crippen molar-refractivity contribution in [3.05, 3.63) is 71.5 Å². The number of amides is 2. The molecule has 3 rings (SSSR count). The highest BCUT2D eigenvalue weighted by molar-refractivity contribution is 6.06. The van der Waals surface area contributed by atoms with Crippen molar-refractivity contribution in [2.24, 2.45) is 5.92 Å². The molecule has 28 heavy (non-hydrogen) atoms. The van der Waals surface area contributed by atoms with Crippen molar-refractivity contribution in [3.8, 4) is 0 Å². The predicted octanol–water partition coefficient (Wildman–Crippen LogP) is 4.24. The average molecular weight is 383 g/mol. The van der Waals surface area contributed by atoms with Crippen LogP contribution in [-0.4, -0.2) is 29.3 Å². The maximum Gasteiger partial charge on any atom is 0.417 e. The SMILES string of the molecule is CC[C@@H](c1cccc(F)c1)[C@H](C(C)=O)C(=O)N1C(=O)OC[C@@H]1c1ccccc1. The normalized spacial score (nSPS) is 18.5. The quantitative estimate of drug-likeness (QED) is 0.700. The molecule has 0 radical (unpaired) electrons. The number of benzene rings is 2. The first-order valence-corrected chi connectivity index (χ1v) is 9.24. The van der Waals surface area contributed by atoms with E-state index < -0.39 is 35.7 Å². The fourth-order valence-corrected chi connectivity index (χ4v) is 3.77. The third kappa shape index (κ3) is 3.81. The minimum Gasteiger partial charge on any atom is -0.446 e. The van der Waals surface area contributed by atoms with Crippen LogP contribution >= 0.6 is 0 Å². The number of nitrogens with zero attached hydrogens (tertiary/aromatic N) is 1. The van der Waals surface area contributed by atoms with Crippen LogP contribution in [0.25, 0.3) is 0 Å². The van der Waals surface area contributed by atoms with Crippen molar-refractivity contribution in [1.82, 2.24) is 4.90 Å². The van der Waals surface area contributed by atoms with Gasteiger partial charge in [-0.05, 0) is 36.6 Å². The summed E-state index contributed by atoms with van der Waals surface area (Å²) in [7, 11) is 0. The molecule has 3 atom stereocenters. The molecule has 1 aliphatic rings. The van der Waals surface area contributed by atoms with E-state index in [1.165, 1.54) is 19.1 Å². The number of hydrogen-bond donors (Lipinski definition) is 0. The summed E-state index contributed by atoms with van der Waals surface area (Å²) >= 11 is 0. The van der Waals surface area contributed by atoms with E-state index in [0.29, 0.717) is 12.0 Å². The van der Waals surface area contributed by atoms with Crippen LogP contribution in [0.2, 0.25) is 0 Å². The van der Waals surface area contributed by atoms with Gasteiger partial charge in [-0.1, -0.05) is 49.4 Å². The topological polar surface area (TPSA) is 63.7 Å². The number of cyclic esters (lactones) is 1. The largest absolute Gasteiger partial charge is 0.446 e. The van der Waals surface area contributed by atoms with Gasteiger partial charge < -0.3 is 4.74 Å².